The maximum atomic E-state index is 11.6. The highest BCUT2D eigenvalue weighted by molar-refractivity contribution is 6.31. The second-order valence-corrected chi connectivity index (χ2v) is 5.36. The van der Waals surface area contributed by atoms with Crippen molar-refractivity contribution in [3.8, 4) is 0 Å². The summed E-state index contributed by atoms with van der Waals surface area (Å²) in [5, 5.41) is 3.73. The number of hydrogen-bond acceptors (Lipinski definition) is 2. The number of nitrogens with zero attached hydrogens (tertiary/aromatic N) is 1. The van der Waals surface area contributed by atoms with Crippen molar-refractivity contribution in [2.24, 2.45) is 0 Å². The third kappa shape index (κ3) is 7.19. The average molecular weight is 283 g/mol. The van der Waals surface area contributed by atoms with Gasteiger partial charge in [0.15, 0.2) is 0 Å². The van der Waals surface area contributed by atoms with Gasteiger partial charge in [0.2, 0.25) is 5.91 Å². The molecule has 0 spiro atoms. The molecule has 1 amide bonds. The smallest absolute Gasteiger partial charge is 0.220 e. The molecule has 1 aromatic rings. The van der Waals surface area contributed by atoms with Gasteiger partial charge in [0, 0.05) is 18.0 Å². The zero-order valence-corrected chi connectivity index (χ0v) is 12.5. The van der Waals surface area contributed by atoms with Crippen LogP contribution in [0.5, 0.6) is 0 Å². The molecule has 0 atom stereocenters. The lowest BCUT2D eigenvalue weighted by molar-refractivity contribution is -0.121. The van der Waals surface area contributed by atoms with Crippen LogP contribution < -0.4 is 5.32 Å². The van der Waals surface area contributed by atoms with Gasteiger partial charge in [0.1, 0.15) is 0 Å². The predicted molar refractivity (Wildman–Crippen MR) is 80.6 cm³/mol. The van der Waals surface area contributed by atoms with Gasteiger partial charge in [-0.05, 0) is 51.5 Å². The zero-order valence-electron chi connectivity index (χ0n) is 11.8. The first kappa shape index (κ1) is 16.0. The summed E-state index contributed by atoms with van der Waals surface area (Å²) in [7, 11) is 4.07. The number of nitrogens with one attached hydrogen (secondary N) is 1. The van der Waals surface area contributed by atoms with Crippen LogP contribution in [0.2, 0.25) is 5.02 Å². The Hall–Kier alpha value is -1.06. The maximum absolute atomic E-state index is 11.6. The van der Waals surface area contributed by atoms with E-state index in [1.54, 1.807) is 0 Å². The second kappa shape index (κ2) is 8.94. The molecule has 0 unspecified atom stereocenters. The fourth-order valence-electron chi connectivity index (χ4n) is 1.85. The summed E-state index contributed by atoms with van der Waals surface area (Å²) in [5.41, 5.74) is 1.12. The van der Waals surface area contributed by atoms with Crippen LogP contribution >= 0.6 is 11.6 Å². The van der Waals surface area contributed by atoms with Crippen LogP contribution in [0.15, 0.2) is 24.3 Å². The first-order valence-electron chi connectivity index (χ1n) is 6.74. The molecule has 0 aromatic heterocycles. The largest absolute Gasteiger partial charge is 0.356 e. The third-order valence-electron chi connectivity index (χ3n) is 2.91. The van der Waals surface area contributed by atoms with Crippen LogP contribution in [0.3, 0.4) is 0 Å². The van der Waals surface area contributed by atoms with Gasteiger partial charge in [-0.2, -0.15) is 0 Å². The van der Waals surface area contributed by atoms with E-state index in [4.69, 9.17) is 11.6 Å². The summed E-state index contributed by atoms with van der Waals surface area (Å²) in [6, 6.07) is 7.79. The number of aryl methyl sites for hydroxylation is 1. The predicted octanol–water partition coefficient (Wildman–Crippen LogP) is 2.73. The fourth-order valence-corrected chi connectivity index (χ4v) is 2.08. The maximum Gasteiger partial charge on any atom is 0.220 e. The lowest BCUT2D eigenvalue weighted by Crippen LogP contribution is -2.26. The average Bonchev–Trinajstić information content (AvgIpc) is 2.37. The molecule has 0 heterocycles. The summed E-state index contributed by atoms with van der Waals surface area (Å²) in [5.74, 6) is 0.130. The van der Waals surface area contributed by atoms with Gasteiger partial charge < -0.3 is 10.2 Å². The van der Waals surface area contributed by atoms with E-state index in [-0.39, 0.29) is 5.91 Å². The van der Waals surface area contributed by atoms with E-state index in [0.717, 1.165) is 42.9 Å². The zero-order chi connectivity index (χ0) is 14.1. The molecule has 1 N–H and O–H groups in total. The quantitative estimate of drug-likeness (QED) is 0.744. The van der Waals surface area contributed by atoms with E-state index in [1.807, 2.05) is 38.4 Å². The number of hydrogen-bond donors (Lipinski definition) is 1. The molecule has 0 radical (unpaired) electrons. The Morgan fingerprint density at radius 2 is 2.00 bits per heavy atom. The van der Waals surface area contributed by atoms with Gasteiger partial charge in [0.25, 0.3) is 0 Å². The minimum atomic E-state index is 0.130. The minimum Gasteiger partial charge on any atom is -0.356 e. The molecule has 0 aliphatic rings. The van der Waals surface area contributed by atoms with Gasteiger partial charge in [-0.3, -0.25) is 4.79 Å². The molecule has 0 saturated carbocycles. The van der Waals surface area contributed by atoms with Crippen molar-refractivity contribution in [2.75, 3.05) is 27.2 Å². The Bertz CT molecular complexity index is 393. The highest BCUT2D eigenvalue weighted by Gasteiger charge is 2.03. The first-order chi connectivity index (χ1) is 9.09. The van der Waals surface area contributed by atoms with Crippen LogP contribution in [-0.4, -0.2) is 38.0 Å². The number of halogens is 1. The lowest BCUT2D eigenvalue weighted by Gasteiger charge is -2.10. The SMILES string of the molecule is CN(C)CCCNC(=O)CCCc1ccccc1Cl. The Kier molecular flexibility index (Phi) is 7.53. The van der Waals surface area contributed by atoms with E-state index in [9.17, 15) is 4.79 Å². The molecule has 1 rings (SSSR count). The lowest BCUT2D eigenvalue weighted by atomic mass is 10.1. The van der Waals surface area contributed by atoms with E-state index in [2.05, 4.69) is 10.2 Å². The van der Waals surface area contributed by atoms with Crippen LogP contribution in [0.1, 0.15) is 24.8 Å². The second-order valence-electron chi connectivity index (χ2n) is 4.95. The molecule has 4 heteroatoms. The molecule has 0 aliphatic heterocycles. The number of rotatable bonds is 8. The molecule has 0 saturated heterocycles. The summed E-state index contributed by atoms with van der Waals surface area (Å²) in [6.45, 7) is 1.75. The fraction of sp³-hybridized carbons (Fsp3) is 0.533. The standard InChI is InChI=1S/C15H23ClN2O/c1-18(2)12-6-11-17-15(19)10-5-8-13-7-3-4-9-14(13)16/h3-4,7,9H,5-6,8,10-12H2,1-2H3,(H,17,19). The van der Waals surface area contributed by atoms with Crippen molar-refractivity contribution in [2.45, 2.75) is 25.7 Å². The highest BCUT2D eigenvalue weighted by atomic mass is 35.5. The Balaban J connectivity index is 2.12. The molecular formula is C15H23ClN2O. The van der Waals surface area contributed by atoms with Gasteiger partial charge >= 0.3 is 0 Å². The summed E-state index contributed by atoms with van der Waals surface area (Å²) in [6.07, 6.45) is 3.24. The summed E-state index contributed by atoms with van der Waals surface area (Å²) in [4.78, 5) is 13.7. The third-order valence-corrected chi connectivity index (χ3v) is 3.28. The summed E-state index contributed by atoms with van der Waals surface area (Å²) < 4.78 is 0. The van der Waals surface area contributed by atoms with E-state index < -0.39 is 0 Å². The molecular weight excluding hydrogens is 260 g/mol. The van der Waals surface area contributed by atoms with Crippen LogP contribution in [-0.2, 0) is 11.2 Å². The number of benzene rings is 1. The Labute approximate surface area is 120 Å². The van der Waals surface area contributed by atoms with E-state index in [1.165, 1.54) is 0 Å². The molecule has 3 nitrogen and oxygen atoms in total. The molecule has 106 valence electrons. The summed E-state index contributed by atoms with van der Waals surface area (Å²) >= 11 is 6.07. The van der Waals surface area contributed by atoms with Crippen LogP contribution in [0.25, 0.3) is 0 Å². The first-order valence-corrected chi connectivity index (χ1v) is 7.12. The van der Waals surface area contributed by atoms with Crippen molar-refractivity contribution in [1.29, 1.82) is 0 Å². The van der Waals surface area contributed by atoms with Gasteiger partial charge in [-0.25, -0.2) is 0 Å². The van der Waals surface area contributed by atoms with Crippen molar-refractivity contribution >= 4 is 17.5 Å². The van der Waals surface area contributed by atoms with Crippen LogP contribution in [0.4, 0.5) is 0 Å². The molecule has 19 heavy (non-hydrogen) atoms. The van der Waals surface area contributed by atoms with Crippen molar-refractivity contribution in [3.63, 3.8) is 0 Å². The molecule has 1 aromatic carbocycles. The molecule has 0 bridgehead atoms. The normalized spacial score (nSPS) is 10.7. The van der Waals surface area contributed by atoms with Crippen LogP contribution in [0, 0.1) is 0 Å². The van der Waals surface area contributed by atoms with Crippen molar-refractivity contribution in [3.05, 3.63) is 34.9 Å². The minimum absolute atomic E-state index is 0.130. The van der Waals surface area contributed by atoms with E-state index in [0.29, 0.717) is 6.42 Å². The van der Waals surface area contributed by atoms with Crippen molar-refractivity contribution in [1.82, 2.24) is 10.2 Å². The number of carbonyl (C=O) groups excluding carboxylic acids is 1. The Morgan fingerprint density at radius 3 is 2.68 bits per heavy atom. The topological polar surface area (TPSA) is 32.3 Å². The van der Waals surface area contributed by atoms with Gasteiger partial charge in [-0.1, -0.05) is 29.8 Å². The molecule has 0 fully saturated rings. The number of carbonyl (C=O) groups is 1. The number of amides is 1. The van der Waals surface area contributed by atoms with E-state index >= 15 is 0 Å². The van der Waals surface area contributed by atoms with Gasteiger partial charge in [-0.15, -0.1) is 0 Å². The van der Waals surface area contributed by atoms with Gasteiger partial charge in [0.05, 0.1) is 0 Å². The highest BCUT2D eigenvalue weighted by Crippen LogP contribution is 2.16. The Morgan fingerprint density at radius 1 is 1.26 bits per heavy atom. The molecule has 0 aliphatic carbocycles. The monoisotopic (exact) mass is 282 g/mol. The van der Waals surface area contributed by atoms with Crippen molar-refractivity contribution < 1.29 is 4.79 Å².